The van der Waals surface area contributed by atoms with Crippen molar-refractivity contribution in [3.05, 3.63) is 0 Å². The van der Waals surface area contributed by atoms with Gasteiger partial charge in [-0.3, -0.25) is 4.79 Å². The van der Waals surface area contributed by atoms with Gasteiger partial charge in [0, 0.05) is 12.1 Å². The fourth-order valence-corrected chi connectivity index (χ4v) is 2.65. The van der Waals surface area contributed by atoms with Crippen LogP contribution in [-0.2, 0) is 4.79 Å². The first-order valence-corrected chi connectivity index (χ1v) is 7.67. The maximum Gasteiger partial charge on any atom is 0.306 e. The van der Waals surface area contributed by atoms with Gasteiger partial charge in [-0.05, 0) is 66.1 Å². The molecule has 0 heterocycles. The molecule has 4 nitrogen and oxygen atoms in total. The van der Waals surface area contributed by atoms with Gasteiger partial charge in [0.2, 0.25) is 0 Å². The summed E-state index contributed by atoms with van der Waals surface area (Å²) in [7, 11) is 2.16. The molecule has 2 unspecified atom stereocenters. The van der Waals surface area contributed by atoms with E-state index in [1.54, 1.807) is 0 Å². The number of unbranched alkanes of at least 4 members (excludes halogenated alkanes) is 1. The summed E-state index contributed by atoms with van der Waals surface area (Å²) in [6, 6.07) is 1.03. The molecule has 0 aromatic heterocycles. The third-order valence-corrected chi connectivity index (χ3v) is 4.28. The fourth-order valence-electron chi connectivity index (χ4n) is 2.65. The zero-order valence-corrected chi connectivity index (χ0v) is 12.7. The van der Waals surface area contributed by atoms with Gasteiger partial charge in [0.1, 0.15) is 0 Å². The predicted molar refractivity (Wildman–Crippen MR) is 78.4 cm³/mol. The van der Waals surface area contributed by atoms with Crippen molar-refractivity contribution >= 4 is 5.97 Å². The second-order valence-electron chi connectivity index (χ2n) is 6.13. The van der Waals surface area contributed by atoms with Crippen LogP contribution in [0.15, 0.2) is 0 Å². The minimum atomic E-state index is -0.620. The third-order valence-electron chi connectivity index (χ3n) is 4.28. The minimum absolute atomic E-state index is 0.127. The Morgan fingerprint density at radius 1 is 1.37 bits per heavy atom. The summed E-state index contributed by atoms with van der Waals surface area (Å²) in [4.78, 5) is 13.3. The number of carboxylic acids is 1. The van der Waals surface area contributed by atoms with Crippen LogP contribution in [0.2, 0.25) is 0 Å². The van der Waals surface area contributed by atoms with Gasteiger partial charge in [0.05, 0.1) is 5.92 Å². The van der Waals surface area contributed by atoms with Gasteiger partial charge in [0.25, 0.3) is 0 Å². The lowest BCUT2D eigenvalue weighted by Crippen LogP contribution is -2.37. The number of carbonyl (C=O) groups is 1. The molecule has 2 atom stereocenters. The first-order chi connectivity index (χ1) is 9.00. The number of nitrogens with zero attached hydrogens (tertiary/aromatic N) is 1. The number of carboxylic acid groups (broad SMARTS) is 1. The van der Waals surface area contributed by atoms with E-state index in [9.17, 15) is 4.79 Å². The molecule has 1 fully saturated rings. The summed E-state index contributed by atoms with van der Waals surface area (Å²) in [6.07, 6.45) is 6.22. The summed E-state index contributed by atoms with van der Waals surface area (Å²) in [5.41, 5.74) is 0. The molecule has 1 aliphatic rings. The monoisotopic (exact) mass is 270 g/mol. The topological polar surface area (TPSA) is 52.6 Å². The summed E-state index contributed by atoms with van der Waals surface area (Å²) in [5.74, 6) is -0.747. The molecule has 0 saturated heterocycles. The molecule has 0 radical (unpaired) electrons. The number of aliphatic carboxylic acids is 1. The Hall–Kier alpha value is -0.610. The van der Waals surface area contributed by atoms with E-state index < -0.39 is 5.97 Å². The summed E-state index contributed by atoms with van der Waals surface area (Å²) < 4.78 is 0. The molecule has 1 saturated carbocycles. The molecule has 0 amide bonds. The second-order valence-corrected chi connectivity index (χ2v) is 6.13. The zero-order valence-electron chi connectivity index (χ0n) is 12.7. The van der Waals surface area contributed by atoms with Crippen molar-refractivity contribution in [2.24, 2.45) is 5.92 Å². The van der Waals surface area contributed by atoms with Gasteiger partial charge in [-0.2, -0.15) is 0 Å². The fraction of sp³-hybridized carbons (Fsp3) is 0.933. The van der Waals surface area contributed by atoms with Crippen molar-refractivity contribution in [2.45, 2.75) is 64.5 Å². The Kier molecular flexibility index (Phi) is 7.39. The molecule has 0 aromatic rings. The van der Waals surface area contributed by atoms with Crippen LogP contribution in [0, 0.1) is 5.92 Å². The van der Waals surface area contributed by atoms with Gasteiger partial charge in [-0.25, -0.2) is 0 Å². The molecule has 0 aromatic carbocycles. The molecule has 0 bridgehead atoms. The van der Waals surface area contributed by atoms with Crippen molar-refractivity contribution < 1.29 is 9.90 Å². The van der Waals surface area contributed by atoms with E-state index in [-0.39, 0.29) is 5.92 Å². The Labute approximate surface area is 117 Å². The quantitative estimate of drug-likeness (QED) is 0.665. The van der Waals surface area contributed by atoms with Gasteiger partial charge >= 0.3 is 5.97 Å². The molecule has 19 heavy (non-hydrogen) atoms. The Balaban J connectivity index is 2.07. The van der Waals surface area contributed by atoms with Crippen LogP contribution in [0.1, 0.15) is 52.4 Å². The van der Waals surface area contributed by atoms with Gasteiger partial charge in [-0.1, -0.05) is 6.42 Å². The average molecular weight is 270 g/mol. The number of hydrogen-bond donors (Lipinski definition) is 2. The van der Waals surface area contributed by atoms with Crippen molar-refractivity contribution in [1.29, 1.82) is 0 Å². The standard InChI is InChI=1S/C15H30N2O2/c1-12(2)17(3)10-5-4-9-16-14-8-6-7-13(11-14)15(18)19/h12-14,16H,4-11H2,1-3H3,(H,18,19). The highest BCUT2D eigenvalue weighted by molar-refractivity contribution is 5.70. The SMILES string of the molecule is CC(C)N(C)CCCCNC1CCCC(C(=O)O)C1. The molecule has 0 spiro atoms. The van der Waals surface area contributed by atoms with Crippen LogP contribution in [-0.4, -0.2) is 48.2 Å². The lowest BCUT2D eigenvalue weighted by molar-refractivity contribution is -0.143. The highest BCUT2D eigenvalue weighted by Gasteiger charge is 2.26. The zero-order chi connectivity index (χ0) is 14.3. The minimum Gasteiger partial charge on any atom is -0.481 e. The van der Waals surface area contributed by atoms with Crippen LogP contribution in [0.5, 0.6) is 0 Å². The van der Waals surface area contributed by atoms with E-state index in [0.717, 1.165) is 38.8 Å². The Morgan fingerprint density at radius 2 is 2.11 bits per heavy atom. The predicted octanol–water partition coefficient (Wildman–Crippen LogP) is 2.34. The molecule has 1 aliphatic carbocycles. The van der Waals surface area contributed by atoms with Crippen molar-refractivity contribution in [3.63, 3.8) is 0 Å². The maximum absolute atomic E-state index is 11.0. The Bertz CT molecular complexity index is 269. The normalized spacial score (nSPS) is 24.1. The lowest BCUT2D eigenvalue weighted by atomic mass is 9.86. The van der Waals surface area contributed by atoms with E-state index in [1.807, 2.05) is 0 Å². The van der Waals surface area contributed by atoms with Crippen LogP contribution in [0.25, 0.3) is 0 Å². The van der Waals surface area contributed by atoms with E-state index in [0.29, 0.717) is 12.1 Å². The van der Waals surface area contributed by atoms with Crippen molar-refractivity contribution in [1.82, 2.24) is 10.2 Å². The summed E-state index contributed by atoms with van der Waals surface area (Å²) in [6.45, 7) is 6.59. The molecule has 2 N–H and O–H groups in total. The maximum atomic E-state index is 11.0. The van der Waals surface area contributed by atoms with Crippen LogP contribution < -0.4 is 5.32 Å². The van der Waals surface area contributed by atoms with Gasteiger partial charge in [0.15, 0.2) is 0 Å². The number of hydrogen-bond acceptors (Lipinski definition) is 3. The highest BCUT2D eigenvalue weighted by Crippen LogP contribution is 2.24. The molecule has 1 rings (SSSR count). The molecule has 0 aliphatic heterocycles. The molecule has 4 heteroatoms. The second kappa shape index (κ2) is 8.54. The summed E-state index contributed by atoms with van der Waals surface area (Å²) >= 11 is 0. The lowest BCUT2D eigenvalue weighted by Gasteiger charge is -2.27. The highest BCUT2D eigenvalue weighted by atomic mass is 16.4. The Morgan fingerprint density at radius 3 is 2.74 bits per heavy atom. The van der Waals surface area contributed by atoms with E-state index in [2.05, 4.69) is 31.1 Å². The van der Waals surface area contributed by atoms with Gasteiger partial charge in [-0.15, -0.1) is 0 Å². The van der Waals surface area contributed by atoms with Crippen molar-refractivity contribution in [3.8, 4) is 0 Å². The van der Waals surface area contributed by atoms with Crippen LogP contribution in [0.4, 0.5) is 0 Å². The van der Waals surface area contributed by atoms with Crippen LogP contribution >= 0.6 is 0 Å². The molecule has 112 valence electrons. The third kappa shape index (κ3) is 6.39. The first kappa shape index (κ1) is 16.4. The molecular weight excluding hydrogens is 240 g/mol. The molecular formula is C15H30N2O2. The van der Waals surface area contributed by atoms with Crippen molar-refractivity contribution in [2.75, 3.05) is 20.1 Å². The first-order valence-electron chi connectivity index (χ1n) is 7.67. The number of rotatable bonds is 8. The van der Waals surface area contributed by atoms with E-state index >= 15 is 0 Å². The average Bonchev–Trinajstić information content (AvgIpc) is 2.38. The van der Waals surface area contributed by atoms with E-state index in [4.69, 9.17) is 5.11 Å². The summed E-state index contributed by atoms with van der Waals surface area (Å²) in [5, 5.41) is 12.6. The smallest absolute Gasteiger partial charge is 0.306 e. The van der Waals surface area contributed by atoms with Crippen LogP contribution in [0.3, 0.4) is 0 Å². The largest absolute Gasteiger partial charge is 0.481 e. The van der Waals surface area contributed by atoms with Gasteiger partial charge < -0.3 is 15.3 Å². The number of nitrogens with one attached hydrogen (secondary N) is 1. The van der Waals surface area contributed by atoms with E-state index in [1.165, 1.54) is 12.8 Å².